The quantitative estimate of drug-likeness (QED) is 0.596. The van der Waals surface area contributed by atoms with Gasteiger partial charge in [0.2, 0.25) is 5.78 Å². The minimum Gasteiger partial charge on any atom is -0.461 e. The Hall–Kier alpha value is -2.23. The van der Waals surface area contributed by atoms with E-state index in [-0.39, 0.29) is 17.3 Å². The SMILES string of the molecule is CC(C(=O)c1ccncc1)C(=O)c1ccco1. The van der Waals surface area contributed by atoms with Crippen LogP contribution in [0.15, 0.2) is 47.3 Å². The Bertz CT molecular complexity index is 517. The van der Waals surface area contributed by atoms with Crippen molar-refractivity contribution in [1.29, 1.82) is 0 Å². The van der Waals surface area contributed by atoms with E-state index in [1.54, 1.807) is 31.2 Å². The van der Waals surface area contributed by atoms with E-state index < -0.39 is 5.92 Å². The molecule has 2 aromatic heterocycles. The van der Waals surface area contributed by atoms with Crippen molar-refractivity contribution in [3.63, 3.8) is 0 Å². The molecule has 0 saturated heterocycles. The maximum absolute atomic E-state index is 12.0. The second-order valence-electron chi connectivity index (χ2n) is 3.66. The lowest BCUT2D eigenvalue weighted by molar-refractivity contribution is 0.0803. The van der Waals surface area contributed by atoms with E-state index in [4.69, 9.17) is 4.42 Å². The largest absolute Gasteiger partial charge is 0.461 e. The first-order valence-electron chi connectivity index (χ1n) is 5.22. The Balaban J connectivity index is 2.19. The summed E-state index contributed by atoms with van der Waals surface area (Å²) in [6.07, 6.45) is 4.46. The van der Waals surface area contributed by atoms with Gasteiger partial charge in [0.1, 0.15) is 0 Å². The van der Waals surface area contributed by atoms with Gasteiger partial charge in [-0.05, 0) is 31.2 Å². The third-order valence-electron chi connectivity index (χ3n) is 2.52. The van der Waals surface area contributed by atoms with Crippen molar-refractivity contribution in [2.75, 3.05) is 0 Å². The summed E-state index contributed by atoms with van der Waals surface area (Å²) < 4.78 is 4.99. The highest BCUT2D eigenvalue weighted by Gasteiger charge is 2.25. The molecule has 0 aliphatic heterocycles. The molecule has 0 fully saturated rings. The standard InChI is InChI=1S/C13H11NO3/c1-9(13(16)11-3-2-8-17-11)12(15)10-4-6-14-7-5-10/h2-9H,1H3. The van der Waals surface area contributed by atoms with Crippen molar-refractivity contribution in [1.82, 2.24) is 4.98 Å². The first-order valence-corrected chi connectivity index (χ1v) is 5.22. The summed E-state index contributed by atoms with van der Waals surface area (Å²) in [6.45, 7) is 1.58. The number of Topliss-reactive ketones (excluding diaryl/α,β-unsaturated/α-hetero) is 2. The van der Waals surface area contributed by atoms with Crippen LogP contribution < -0.4 is 0 Å². The Morgan fingerprint density at radius 1 is 1.18 bits per heavy atom. The predicted molar refractivity (Wildman–Crippen MR) is 60.8 cm³/mol. The zero-order chi connectivity index (χ0) is 12.3. The van der Waals surface area contributed by atoms with E-state index in [0.29, 0.717) is 5.56 Å². The van der Waals surface area contributed by atoms with Crippen molar-refractivity contribution < 1.29 is 14.0 Å². The van der Waals surface area contributed by atoms with Crippen LogP contribution in [0.3, 0.4) is 0 Å². The number of rotatable bonds is 4. The van der Waals surface area contributed by atoms with Gasteiger partial charge in [-0.15, -0.1) is 0 Å². The van der Waals surface area contributed by atoms with Crippen molar-refractivity contribution in [2.24, 2.45) is 5.92 Å². The number of pyridine rings is 1. The maximum Gasteiger partial charge on any atom is 0.208 e. The zero-order valence-electron chi connectivity index (χ0n) is 9.29. The van der Waals surface area contributed by atoms with E-state index in [2.05, 4.69) is 4.98 Å². The molecule has 0 aromatic carbocycles. The molecule has 0 N–H and O–H groups in total. The summed E-state index contributed by atoms with van der Waals surface area (Å²) in [5, 5.41) is 0. The van der Waals surface area contributed by atoms with Gasteiger partial charge in [0, 0.05) is 18.0 Å². The van der Waals surface area contributed by atoms with E-state index in [1.807, 2.05) is 0 Å². The molecule has 0 aliphatic carbocycles. The number of furan rings is 1. The number of carbonyl (C=O) groups is 2. The number of ketones is 2. The number of nitrogens with zero attached hydrogens (tertiary/aromatic N) is 1. The molecule has 0 saturated carbocycles. The maximum atomic E-state index is 12.0. The van der Waals surface area contributed by atoms with Gasteiger partial charge in [0.05, 0.1) is 12.2 Å². The fraction of sp³-hybridized carbons (Fsp3) is 0.154. The van der Waals surface area contributed by atoms with E-state index in [1.165, 1.54) is 18.7 Å². The molecular formula is C13H11NO3. The van der Waals surface area contributed by atoms with Gasteiger partial charge in [-0.25, -0.2) is 0 Å². The summed E-state index contributed by atoms with van der Waals surface area (Å²) in [5.41, 5.74) is 0.479. The Kier molecular flexibility index (Phi) is 3.14. The normalized spacial score (nSPS) is 12.1. The Morgan fingerprint density at radius 3 is 2.47 bits per heavy atom. The molecule has 0 spiro atoms. The second-order valence-corrected chi connectivity index (χ2v) is 3.66. The smallest absolute Gasteiger partial charge is 0.208 e. The molecule has 17 heavy (non-hydrogen) atoms. The fourth-order valence-corrected chi connectivity index (χ4v) is 1.52. The van der Waals surface area contributed by atoms with E-state index in [9.17, 15) is 9.59 Å². The topological polar surface area (TPSA) is 60.2 Å². The highest BCUT2D eigenvalue weighted by atomic mass is 16.3. The fourth-order valence-electron chi connectivity index (χ4n) is 1.52. The van der Waals surface area contributed by atoms with Gasteiger partial charge in [-0.1, -0.05) is 0 Å². The highest BCUT2D eigenvalue weighted by Crippen LogP contribution is 2.14. The minimum absolute atomic E-state index is 0.208. The van der Waals surface area contributed by atoms with Gasteiger partial charge in [-0.2, -0.15) is 0 Å². The van der Waals surface area contributed by atoms with Crippen LogP contribution in [0.2, 0.25) is 0 Å². The van der Waals surface area contributed by atoms with Crippen LogP contribution >= 0.6 is 0 Å². The monoisotopic (exact) mass is 229 g/mol. The highest BCUT2D eigenvalue weighted by molar-refractivity contribution is 6.14. The lowest BCUT2D eigenvalue weighted by Crippen LogP contribution is -2.21. The van der Waals surface area contributed by atoms with Gasteiger partial charge < -0.3 is 4.42 Å². The summed E-state index contributed by atoms with van der Waals surface area (Å²) in [4.78, 5) is 27.7. The van der Waals surface area contributed by atoms with Crippen molar-refractivity contribution in [3.05, 3.63) is 54.2 Å². The molecule has 1 atom stereocenters. The number of aromatic nitrogens is 1. The van der Waals surface area contributed by atoms with Crippen molar-refractivity contribution in [2.45, 2.75) is 6.92 Å². The summed E-state index contributed by atoms with van der Waals surface area (Å²) in [7, 11) is 0. The Labute approximate surface area is 98.3 Å². The molecular weight excluding hydrogens is 218 g/mol. The number of hydrogen-bond acceptors (Lipinski definition) is 4. The summed E-state index contributed by atoms with van der Waals surface area (Å²) >= 11 is 0. The van der Waals surface area contributed by atoms with Crippen molar-refractivity contribution >= 4 is 11.6 Å². The molecule has 2 aromatic rings. The van der Waals surface area contributed by atoms with Crippen LogP contribution in [0, 0.1) is 5.92 Å². The molecule has 0 bridgehead atoms. The predicted octanol–water partition coefficient (Wildman–Crippen LogP) is 2.38. The number of hydrogen-bond donors (Lipinski definition) is 0. The molecule has 4 heteroatoms. The van der Waals surface area contributed by atoms with Crippen LogP contribution in [0.4, 0.5) is 0 Å². The molecule has 0 amide bonds. The number of carbonyl (C=O) groups excluding carboxylic acids is 2. The lowest BCUT2D eigenvalue weighted by Gasteiger charge is -2.07. The summed E-state index contributed by atoms with van der Waals surface area (Å²) in [6, 6.07) is 6.36. The van der Waals surface area contributed by atoms with Crippen LogP contribution in [0.5, 0.6) is 0 Å². The molecule has 2 rings (SSSR count). The third kappa shape index (κ3) is 2.30. The minimum atomic E-state index is -0.747. The lowest BCUT2D eigenvalue weighted by atomic mass is 9.95. The van der Waals surface area contributed by atoms with E-state index >= 15 is 0 Å². The molecule has 86 valence electrons. The van der Waals surface area contributed by atoms with Gasteiger partial charge >= 0.3 is 0 Å². The molecule has 2 heterocycles. The van der Waals surface area contributed by atoms with Crippen LogP contribution in [-0.2, 0) is 0 Å². The van der Waals surface area contributed by atoms with Crippen molar-refractivity contribution in [3.8, 4) is 0 Å². The zero-order valence-corrected chi connectivity index (χ0v) is 9.29. The average Bonchev–Trinajstić information content (AvgIpc) is 2.91. The molecule has 4 nitrogen and oxygen atoms in total. The van der Waals surface area contributed by atoms with Crippen LogP contribution in [0.1, 0.15) is 27.8 Å². The van der Waals surface area contributed by atoms with Crippen LogP contribution in [0.25, 0.3) is 0 Å². The molecule has 0 radical (unpaired) electrons. The van der Waals surface area contributed by atoms with Gasteiger partial charge in [0.25, 0.3) is 0 Å². The molecule has 0 aliphatic rings. The first-order chi connectivity index (χ1) is 8.20. The third-order valence-corrected chi connectivity index (χ3v) is 2.52. The summed E-state index contributed by atoms with van der Waals surface area (Å²) in [5.74, 6) is -1.07. The second kappa shape index (κ2) is 4.74. The average molecular weight is 229 g/mol. The van der Waals surface area contributed by atoms with Crippen LogP contribution in [-0.4, -0.2) is 16.6 Å². The first kappa shape index (κ1) is 11.3. The van der Waals surface area contributed by atoms with E-state index in [0.717, 1.165) is 0 Å². The molecule has 1 unspecified atom stereocenters. The van der Waals surface area contributed by atoms with Gasteiger partial charge in [-0.3, -0.25) is 14.6 Å². The van der Waals surface area contributed by atoms with Gasteiger partial charge in [0.15, 0.2) is 11.5 Å². The Morgan fingerprint density at radius 2 is 1.88 bits per heavy atom.